The lowest BCUT2D eigenvalue weighted by Gasteiger charge is -2.25. The van der Waals surface area contributed by atoms with Crippen molar-refractivity contribution in [1.82, 2.24) is 4.57 Å². The van der Waals surface area contributed by atoms with Gasteiger partial charge in [0.25, 0.3) is 5.56 Å². The average molecular weight is 577 g/mol. The van der Waals surface area contributed by atoms with Crippen LogP contribution in [0.1, 0.15) is 71.2 Å². The second-order valence-corrected chi connectivity index (χ2v) is 12.5. The summed E-state index contributed by atoms with van der Waals surface area (Å²) in [5.41, 5.74) is 3.15. The summed E-state index contributed by atoms with van der Waals surface area (Å²) < 4.78 is 18.4. The molecular formula is C32H36N2O6S. The minimum Gasteiger partial charge on any atom is -0.493 e. The second kappa shape index (κ2) is 11.9. The van der Waals surface area contributed by atoms with Crippen LogP contribution in [-0.2, 0) is 19.7 Å². The molecule has 0 spiro atoms. The second-order valence-electron chi connectivity index (χ2n) is 11.5. The molecule has 1 aromatic heterocycles. The quantitative estimate of drug-likeness (QED) is 0.300. The SMILES string of the molecule is COc1cc(C2C(C(=O)OCC(C)C)=C(C)N=c3s/c(=C\c4ccc(C(C)(C)C)cc4)c(=O)n32)ccc1OC(C)=O. The molecular weight excluding hydrogens is 540 g/mol. The Morgan fingerprint density at radius 1 is 1.10 bits per heavy atom. The number of hydrogen-bond acceptors (Lipinski definition) is 8. The van der Waals surface area contributed by atoms with E-state index >= 15 is 0 Å². The van der Waals surface area contributed by atoms with E-state index in [4.69, 9.17) is 14.2 Å². The molecule has 0 aliphatic carbocycles. The number of rotatable bonds is 7. The predicted molar refractivity (Wildman–Crippen MR) is 159 cm³/mol. The smallest absolute Gasteiger partial charge is 0.338 e. The van der Waals surface area contributed by atoms with Crippen LogP contribution >= 0.6 is 11.3 Å². The number of methoxy groups -OCH3 is 1. The number of nitrogens with zero attached hydrogens (tertiary/aromatic N) is 2. The normalized spacial score (nSPS) is 15.4. The number of ether oxygens (including phenoxy) is 3. The molecule has 2 aromatic carbocycles. The molecule has 0 amide bonds. The van der Waals surface area contributed by atoms with Crippen molar-refractivity contribution >= 4 is 29.4 Å². The van der Waals surface area contributed by atoms with E-state index in [1.165, 1.54) is 35.5 Å². The standard InChI is InChI=1S/C32H36N2O6S/c1-18(2)17-39-30(37)27-19(3)33-31-34(28(27)22-11-14-24(40-20(4)35)25(16-22)38-8)29(36)26(41-31)15-21-9-12-23(13-10-21)32(5,6)7/h9-16,18,28H,17H2,1-8H3/b26-15-. The number of thiazole rings is 1. The number of benzene rings is 2. The molecule has 0 N–H and O–H groups in total. The summed E-state index contributed by atoms with van der Waals surface area (Å²) in [5.74, 6) is -0.372. The number of allylic oxidation sites excluding steroid dienone is 1. The topological polar surface area (TPSA) is 96.2 Å². The number of aromatic nitrogens is 1. The minimum absolute atomic E-state index is 0.0159. The first-order valence-corrected chi connectivity index (χ1v) is 14.3. The van der Waals surface area contributed by atoms with E-state index < -0.39 is 18.0 Å². The van der Waals surface area contributed by atoms with Crippen LogP contribution < -0.4 is 24.4 Å². The minimum atomic E-state index is -0.823. The summed E-state index contributed by atoms with van der Waals surface area (Å²) in [4.78, 5) is 44.1. The number of esters is 2. The fourth-order valence-corrected chi connectivity index (χ4v) is 5.59. The van der Waals surface area contributed by atoms with Crippen LogP contribution in [0.15, 0.2) is 63.5 Å². The molecule has 0 bridgehead atoms. The Hall–Kier alpha value is -3.98. The van der Waals surface area contributed by atoms with Crippen molar-refractivity contribution in [1.29, 1.82) is 0 Å². The van der Waals surface area contributed by atoms with Gasteiger partial charge in [0, 0.05) is 6.92 Å². The first kappa shape index (κ1) is 30.0. The summed E-state index contributed by atoms with van der Waals surface area (Å²) in [6.45, 7) is 13.6. The van der Waals surface area contributed by atoms with Gasteiger partial charge in [-0.2, -0.15) is 0 Å². The Kier molecular flexibility index (Phi) is 8.68. The van der Waals surface area contributed by atoms with E-state index in [0.717, 1.165) is 5.56 Å². The van der Waals surface area contributed by atoms with E-state index in [1.54, 1.807) is 25.1 Å². The molecule has 1 atom stereocenters. The fraction of sp³-hybridized carbons (Fsp3) is 0.375. The third-order valence-electron chi connectivity index (χ3n) is 6.62. The van der Waals surface area contributed by atoms with Gasteiger partial charge in [0.15, 0.2) is 16.3 Å². The Morgan fingerprint density at radius 3 is 2.37 bits per heavy atom. The summed E-state index contributed by atoms with van der Waals surface area (Å²) in [6, 6.07) is 12.3. The third kappa shape index (κ3) is 6.51. The molecule has 41 heavy (non-hydrogen) atoms. The highest BCUT2D eigenvalue weighted by Gasteiger charge is 2.34. The van der Waals surface area contributed by atoms with Crippen LogP contribution in [0.25, 0.3) is 6.08 Å². The van der Waals surface area contributed by atoms with Crippen LogP contribution in [-0.4, -0.2) is 30.2 Å². The molecule has 0 saturated heterocycles. The number of fused-ring (bicyclic) bond motifs is 1. The summed E-state index contributed by atoms with van der Waals surface area (Å²) in [5, 5.41) is 0. The highest BCUT2D eigenvalue weighted by Crippen LogP contribution is 2.36. The molecule has 216 valence electrons. The Bertz CT molecular complexity index is 1690. The van der Waals surface area contributed by atoms with E-state index in [1.807, 2.05) is 32.1 Å². The molecule has 1 unspecified atom stereocenters. The Labute approximate surface area is 243 Å². The molecule has 2 heterocycles. The predicted octanol–water partition coefficient (Wildman–Crippen LogP) is 4.67. The Balaban J connectivity index is 1.89. The fourth-order valence-electron chi connectivity index (χ4n) is 4.54. The molecule has 3 aromatic rings. The van der Waals surface area contributed by atoms with Gasteiger partial charge < -0.3 is 14.2 Å². The molecule has 9 heteroatoms. The van der Waals surface area contributed by atoms with Gasteiger partial charge in [0.05, 0.1) is 35.6 Å². The summed E-state index contributed by atoms with van der Waals surface area (Å²) in [6.07, 6.45) is 1.84. The molecule has 4 rings (SSSR count). The van der Waals surface area contributed by atoms with Crippen LogP contribution in [0.2, 0.25) is 0 Å². The lowest BCUT2D eigenvalue weighted by atomic mass is 9.87. The van der Waals surface area contributed by atoms with E-state index in [9.17, 15) is 14.4 Å². The zero-order valence-corrected chi connectivity index (χ0v) is 25.5. The van der Waals surface area contributed by atoms with Gasteiger partial charge in [0.1, 0.15) is 0 Å². The molecule has 0 radical (unpaired) electrons. The van der Waals surface area contributed by atoms with Crippen molar-refractivity contribution in [3.63, 3.8) is 0 Å². The number of hydrogen-bond donors (Lipinski definition) is 0. The molecule has 1 aliphatic heterocycles. The van der Waals surface area contributed by atoms with Crippen LogP contribution in [0, 0.1) is 5.92 Å². The summed E-state index contributed by atoms with van der Waals surface area (Å²) in [7, 11) is 1.46. The maximum atomic E-state index is 13.9. The summed E-state index contributed by atoms with van der Waals surface area (Å²) >= 11 is 1.26. The van der Waals surface area contributed by atoms with Gasteiger partial charge in [0.2, 0.25) is 0 Å². The first-order chi connectivity index (χ1) is 19.3. The molecule has 0 saturated carbocycles. The lowest BCUT2D eigenvalue weighted by molar-refractivity contribution is -0.140. The molecule has 8 nitrogen and oxygen atoms in total. The average Bonchev–Trinajstić information content (AvgIpc) is 3.20. The van der Waals surface area contributed by atoms with Crippen molar-refractivity contribution in [3.8, 4) is 11.5 Å². The first-order valence-electron chi connectivity index (χ1n) is 13.5. The van der Waals surface area contributed by atoms with Crippen molar-refractivity contribution < 1.29 is 23.8 Å². The maximum Gasteiger partial charge on any atom is 0.338 e. The Morgan fingerprint density at radius 2 is 1.78 bits per heavy atom. The highest BCUT2D eigenvalue weighted by atomic mass is 32.1. The van der Waals surface area contributed by atoms with Gasteiger partial charge >= 0.3 is 11.9 Å². The van der Waals surface area contributed by atoms with Gasteiger partial charge in [-0.3, -0.25) is 14.2 Å². The van der Waals surface area contributed by atoms with E-state index in [-0.39, 0.29) is 34.8 Å². The van der Waals surface area contributed by atoms with Crippen molar-refractivity contribution in [2.45, 2.75) is 59.9 Å². The highest BCUT2D eigenvalue weighted by molar-refractivity contribution is 7.07. The largest absolute Gasteiger partial charge is 0.493 e. The lowest BCUT2D eigenvalue weighted by Crippen LogP contribution is -2.40. The zero-order valence-electron chi connectivity index (χ0n) is 24.7. The van der Waals surface area contributed by atoms with Gasteiger partial charge in [-0.15, -0.1) is 0 Å². The van der Waals surface area contributed by atoms with Gasteiger partial charge in [-0.05, 0) is 53.2 Å². The van der Waals surface area contributed by atoms with E-state index in [0.29, 0.717) is 26.3 Å². The van der Waals surface area contributed by atoms with Crippen molar-refractivity contribution in [3.05, 3.63) is 90.1 Å². The molecule has 1 aliphatic rings. The van der Waals surface area contributed by atoms with Gasteiger partial charge in [-0.25, -0.2) is 9.79 Å². The molecule has 0 fully saturated rings. The van der Waals surface area contributed by atoms with Crippen LogP contribution in [0.3, 0.4) is 0 Å². The van der Waals surface area contributed by atoms with Crippen molar-refractivity contribution in [2.24, 2.45) is 10.9 Å². The van der Waals surface area contributed by atoms with Crippen LogP contribution in [0.5, 0.6) is 11.5 Å². The number of carbonyl (C=O) groups is 2. The monoisotopic (exact) mass is 576 g/mol. The maximum absolute atomic E-state index is 13.9. The van der Waals surface area contributed by atoms with E-state index in [2.05, 4.69) is 37.9 Å². The number of carbonyl (C=O) groups excluding carboxylic acids is 2. The third-order valence-corrected chi connectivity index (χ3v) is 7.60. The van der Waals surface area contributed by atoms with Gasteiger partial charge in [-0.1, -0.05) is 76.3 Å². The van der Waals surface area contributed by atoms with Crippen molar-refractivity contribution in [2.75, 3.05) is 13.7 Å². The van der Waals surface area contributed by atoms with Crippen LogP contribution in [0.4, 0.5) is 0 Å². The zero-order chi connectivity index (χ0) is 30.1.